The van der Waals surface area contributed by atoms with E-state index in [1.54, 1.807) is 4.88 Å². The number of nitrogens with zero attached hydrogens (tertiary/aromatic N) is 1. The van der Waals surface area contributed by atoms with Gasteiger partial charge in [-0.25, -0.2) is 4.98 Å². The molecule has 3 fully saturated rings. The normalized spacial score (nSPS) is 24.2. The molecule has 1 aromatic heterocycles. The van der Waals surface area contributed by atoms with Crippen LogP contribution in [0.4, 0.5) is 0 Å². The Labute approximate surface area is 113 Å². The number of hydrogen-bond donors (Lipinski definition) is 1. The second-order valence-corrected chi connectivity index (χ2v) is 7.51. The molecule has 0 atom stereocenters. The Kier molecular flexibility index (Phi) is 2.92. The van der Waals surface area contributed by atoms with E-state index in [9.17, 15) is 0 Å². The minimum Gasteiger partial charge on any atom is -0.309 e. The summed E-state index contributed by atoms with van der Waals surface area (Å²) in [4.78, 5) is 6.53. The molecule has 0 saturated heterocycles. The molecule has 0 aliphatic heterocycles. The zero-order chi connectivity index (χ0) is 11.9. The largest absolute Gasteiger partial charge is 0.309 e. The smallest absolute Gasteiger partial charge is 0.0934 e. The van der Waals surface area contributed by atoms with Crippen molar-refractivity contribution >= 4 is 11.3 Å². The molecule has 4 rings (SSSR count). The first kappa shape index (κ1) is 11.4. The van der Waals surface area contributed by atoms with Crippen LogP contribution in [0.2, 0.25) is 0 Å². The molecule has 1 heterocycles. The summed E-state index contributed by atoms with van der Waals surface area (Å²) in [5.74, 6) is 1.76. The molecular formula is C15H22N2S. The third-order valence-electron chi connectivity index (χ3n) is 4.55. The summed E-state index contributed by atoms with van der Waals surface area (Å²) in [5.41, 5.74) is 1.46. The molecule has 0 amide bonds. The average molecular weight is 262 g/mol. The molecular weight excluding hydrogens is 240 g/mol. The van der Waals surface area contributed by atoms with Gasteiger partial charge in [-0.15, -0.1) is 11.3 Å². The van der Waals surface area contributed by atoms with Crippen LogP contribution in [-0.4, -0.2) is 11.0 Å². The molecule has 3 aliphatic carbocycles. The first-order valence-electron chi connectivity index (χ1n) is 7.60. The fraction of sp³-hybridized carbons (Fsp3) is 0.800. The predicted octanol–water partition coefficient (Wildman–Crippen LogP) is 3.62. The lowest BCUT2D eigenvalue weighted by molar-refractivity contribution is 0.314. The summed E-state index contributed by atoms with van der Waals surface area (Å²) >= 11 is 2.00. The van der Waals surface area contributed by atoms with E-state index in [0.717, 1.165) is 24.4 Å². The van der Waals surface area contributed by atoms with Crippen molar-refractivity contribution in [3.8, 4) is 0 Å². The van der Waals surface area contributed by atoms with Gasteiger partial charge in [0.25, 0.3) is 0 Å². The Hall–Kier alpha value is -0.410. The topological polar surface area (TPSA) is 24.9 Å². The van der Waals surface area contributed by atoms with Crippen LogP contribution in [0.25, 0.3) is 0 Å². The van der Waals surface area contributed by atoms with Gasteiger partial charge in [0.05, 0.1) is 10.7 Å². The molecule has 3 aliphatic rings. The number of aromatic nitrogens is 1. The summed E-state index contributed by atoms with van der Waals surface area (Å²) in [6.45, 7) is 1.08. The van der Waals surface area contributed by atoms with Gasteiger partial charge in [0, 0.05) is 29.8 Å². The highest BCUT2D eigenvalue weighted by atomic mass is 32.1. The fourth-order valence-corrected chi connectivity index (χ4v) is 3.99. The molecule has 2 nitrogen and oxygen atoms in total. The van der Waals surface area contributed by atoms with Crippen molar-refractivity contribution in [3.63, 3.8) is 0 Å². The first-order chi connectivity index (χ1) is 8.88. The minimum atomic E-state index is 0.812. The molecule has 0 unspecified atom stereocenters. The lowest BCUT2D eigenvalue weighted by Gasteiger charge is -2.23. The highest BCUT2D eigenvalue weighted by Gasteiger charge is 2.31. The van der Waals surface area contributed by atoms with Gasteiger partial charge in [0.1, 0.15) is 0 Å². The molecule has 0 spiro atoms. The average Bonchev–Trinajstić information content (AvgIpc) is 3.20. The van der Waals surface area contributed by atoms with E-state index in [1.165, 1.54) is 62.1 Å². The Bertz CT molecular complexity index is 428. The van der Waals surface area contributed by atoms with Gasteiger partial charge >= 0.3 is 0 Å². The number of thiazole rings is 1. The molecule has 0 radical (unpaired) electrons. The van der Waals surface area contributed by atoms with E-state index in [1.807, 2.05) is 11.3 Å². The quantitative estimate of drug-likeness (QED) is 0.847. The van der Waals surface area contributed by atoms with E-state index < -0.39 is 0 Å². The van der Waals surface area contributed by atoms with Crippen LogP contribution < -0.4 is 5.32 Å². The molecule has 0 bridgehead atoms. The van der Waals surface area contributed by atoms with Crippen LogP contribution in [-0.2, 0) is 13.0 Å². The van der Waals surface area contributed by atoms with Gasteiger partial charge in [-0.2, -0.15) is 0 Å². The van der Waals surface area contributed by atoms with E-state index in [0.29, 0.717) is 0 Å². The molecule has 18 heavy (non-hydrogen) atoms. The van der Waals surface area contributed by atoms with Crippen LogP contribution in [0.5, 0.6) is 0 Å². The highest BCUT2D eigenvalue weighted by molar-refractivity contribution is 7.11. The van der Waals surface area contributed by atoms with Crippen molar-refractivity contribution in [3.05, 3.63) is 15.6 Å². The molecule has 1 aromatic rings. The van der Waals surface area contributed by atoms with Gasteiger partial charge in [-0.3, -0.25) is 0 Å². The van der Waals surface area contributed by atoms with E-state index in [4.69, 9.17) is 4.98 Å². The predicted molar refractivity (Wildman–Crippen MR) is 75.0 cm³/mol. The lowest BCUT2D eigenvalue weighted by Crippen LogP contribution is -2.15. The van der Waals surface area contributed by atoms with Crippen molar-refractivity contribution in [1.29, 1.82) is 0 Å². The third kappa shape index (κ3) is 2.48. The monoisotopic (exact) mass is 262 g/mol. The van der Waals surface area contributed by atoms with Crippen LogP contribution in [0.1, 0.15) is 66.4 Å². The molecule has 1 N–H and O–H groups in total. The van der Waals surface area contributed by atoms with Gasteiger partial charge < -0.3 is 5.32 Å². The van der Waals surface area contributed by atoms with E-state index >= 15 is 0 Å². The van der Waals surface area contributed by atoms with Crippen molar-refractivity contribution in [2.24, 2.45) is 5.92 Å². The Morgan fingerprint density at radius 3 is 2.56 bits per heavy atom. The number of hydrogen-bond acceptors (Lipinski definition) is 3. The SMILES string of the molecule is C1CC(Cc2nc(C3CC3)c(CNC3CC3)s2)C1. The van der Waals surface area contributed by atoms with Crippen LogP contribution in [0.15, 0.2) is 0 Å². The van der Waals surface area contributed by atoms with Gasteiger partial charge in [0.2, 0.25) is 0 Å². The maximum absolute atomic E-state index is 4.97. The van der Waals surface area contributed by atoms with Gasteiger partial charge in [-0.05, 0) is 31.6 Å². The maximum atomic E-state index is 4.97. The summed E-state index contributed by atoms with van der Waals surface area (Å²) in [5, 5.41) is 5.09. The van der Waals surface area contributed by atoms with E-state index in [2.05, 4.69) is 5.32 Å². The third-order valence-corrected chi connectivity index (χ3v) is 5.65. The molecule has 3 saturated carbocycles. The molecule has 3 heteroatoms. The number of rotatable bonds is 6. The second-order valence-electron chi connectivity index (χ2n) is 6.35. The summed E-state index contributed by atoms with van der Waals surface area (Å²) in [7, 11) is 0. The van der Waals surface area contributed by atoms with Crippen LogP contribution >= 0.6 is 11.3 Å². The Morgan fingerprint density at radius 1 is 1.11 bits per heavy atom. The zero-order valence-corrected chi connectivity index (χ0v) is 11.8. The summed E-state index contributed by atoms with van der Waals surface area (Å²) in [6.07, 6.45) is 11.1. The number of nitrogens with one attached hydrogen (secondary N) is 1. The van der Waals surface area contributed by atoms with Crippen molar-refractivity contribution in [2.45, 2.75) is 69.9 Å². The van der Waals surface area contributed by atoms with Gasteiger partial charge in [0.15, 0.2) is 0 Å². The summed E-state index contributed by atoms with van der Waals surface area (Å²) < 4.78 is 0. The van der Waals surface area contributed by atoms with Crippen LogP contribution in [0, 0.1) is 5.92 Å². The second kappa shape index (κ2) is 4.61. The van der Waals surface area contributed by atoms with Crippen molar-refractivity contribution < 1.29 is 0 Å². The first-order valence-corrected chi connectivity index (χ1v) is 8.42. The maximum Gasteiger partial charge on any atom is 0.0934 e. The fourth-order valence-electron chi connectivity index (χ4n) is 2.77. The lowest BCUT2D eigenvalue weighted by atomic mass is 9.83. The Balaban J connectivity index is 1.46. The standard InChI is InChI=1S/C15H22N2S/c1-2-10(3-1)8-14-17-15(11-4-5-11)13(18-14)9-16-12-6-7-12/h10-12,16H,1-9H2. The minimum absolute atomic E-state index is 0.812. The van der Waals surface area contributed by atoms with Crippen molar-refractivity contribution in [1.82, 2.24) is 10.3 Å². The zero-order valence-electron chi connectivity index (χ0n) is 11.0. The summed E-state index contributed by atoms with van der Waals surface area (Å²) in [6, 6.07) is 0.814. The molecule has 0 aromatic carbocycles. The Morgan fingerprint density at radius 2 is 1.94 bits per heavy atom. The van der Waals surface area contributed by atoms with Gasteiger partial charge in [-0.1, -0.05) is 19.3 Å². The van der Waals surface area contributed by atoms with E-state index in [-0.39, 0.29) is 0 Å². The van der Waals surface area contributed by atoms with Crippen molar-refractivity contribution in [2.75, 3.05) is 0 Å². The van der Waals surface area contributed by atoms with Crippen LogP contribution in [0.3, 0.4) is 0 Å². The molecule has 98 valence electrons. The highest BCUT2D eigenvalue weighted by Crippen LogP contribution is 2.43.